The highest BCUT2D eigenvalue weighted by atomic mass is 19.4. The molecule has 0 aromatic heterocycles. The third kappa shape index (κ3) is 4.65. The number of nitrogens with zero attached hydrogens (tertiary/aromatic N) is 1. The van der Waals surface area contributed by atoms with Gasteiger partial charge in [0, 0.05) is 13.1 Å². The highest BCUT2D eigenvalue weighted by molar-refractivity contribution is 5.83. The maximum absolute atomic E-state index is 12.7. The Hall–Kier alpha value is -0.780. The van der Waals surface area contributed by atoms with Crippen molar-refractivity contribution in [3.8, 4) is 0 Å². The largest absolute Gasteiger partial charge is 0.406 e. The molecular formula is C14H25F3N2O. The summed E-state index contributed by atoms with van der Waals surface area (Å²) in [6, 6.07) is 0. The van der Waals surface area contributed by atoms with Gasteiger partial charge in [-0.3, -0.25) is 4.79 Å². The summed E-state index contributed by atoms with van der Waals surface area (Å²) in [6.45, 7) is 1.05. The molecule has 118 valence electrons. The summed E-state index contributed by atoms with van der Waals surface area (Å²) in [4.78, 5) is 13.6. The molecule has 1 fully saturated rings. The number of hydrogen-bond donors (Lipinski definition) is 1. The molecule has 0 unspecified atom stereocenters. The average Bonchev–Trinajstić information content (AvgIpc) is 2.42. The number of hydrogen-bond acceptors (Lipinski definition) is 2. The minimum absolute atomic E-state index is 0.145. The van der Waals surface area contributed by atoms with Gasteiger partial charge >= 0.3 is 6.18 Å². The second-order valence-corrected chi connectivity index (χ2v) is 5.74. The summed E-state index contributed by atoms with van der Waals surface area (Å²) in [6.07, 6.45) is 0.996. The van der Waals surface area contributed by atoms with Gasteiger partial charge in [-0.25, -0.2) is 0 Å². The van der Waals surface area contributed by atoms with Crippen molar-refractivity contribution < 1.29 is 18.0 Å². The van der Waals surface area contributed by atoms with Crippen molar-refractivity contribution in [2.24, 2.45) is 11.1 Å². The number of carbonyl (C=O) groups excluding carboxylic acids is 1. The molecule has 0 aromatic rings. The van der Waals surface area contributed by atoms with Gasteiger partial charge in [-0.2, -0.15) is 13.2 Å². The van der Waals surface area contributed by atoms with E-state index in [9.17, 15) is 18.0 Å². The molecule has 1 saturated carbocycles. The summed E-state index contributed by atoms with van der Waals surface area (Å²) in [5, 5.41) is 0. The van der Waals surface area contributed by atoms with Crippen LogP contribution in [0.4, 0.5) is 13.2 Å². The van der Waals surface area contributed by atoms with Gasteiger partial charge in [0.25, 0.3) is 0 Å². The minimum atomic E-state index is -4.35. The van der Waals surface area contributed by atoms with Gasteiger partial charge < -0.3 is 10.6 Å². The molecule has 1 rings (SSSR count). The molecule has 0 atom stereocenters. The number of halogens is 3. The number of alkyl halides is 3. The fraction of sp³-hybridized carbons (Fsp3) is 0.929. The standard InChI is InChI=1S/C14H25F3N2O/c1-2-3-9-19(11-14(15,16)17)12(20)13(10-18)7-5-4-6-8-13/h2-11,18H2,1H3. The molecule has 0 saturated heterocycles. The van der Waals surface area contributed by atoms with Gasteiger partial charge in [-0.05, 0) is 19.3 Å². The molecule has 0 aromatic carbocycles. The number of rotatable bonds is 6. The molecule has 3 nitrogen and oxygen atoms in total. The third-order valence-corrected chi connectivity index (χ3v) is 4.09. The molecule has 0 heterocycles. The van der Waals surface area contributed by atoms with Crippen LogP contribution in [0.25, 0.3) is 0 Å². The van der Waals surface area contributed by atoms with Crippen LogP contribution in [0.1, 0.15) is 51.9 Å². The van der Waals surface area contributed by atoms with Gasteiger partial charge in [-0.15, -0.1) is 0 Å². The van der Waals surface area contributed by atoms with E-state index in [4.69, 9.17) is 5.73 Å². The first-order valence-corrected chi connectivity index (χ1v) is 7.41. The van der Waals surface area contributed by atoms with E-state index in [1.807, 2.05) is 6.92 Å². The van der Waals surface area contributed by atoms with Crippen molar-refractivity contribution in [2.45, 2.75) is 58.0 Å². The van der Waals surface area contributed by atoms with E-state index in [0.29, 0.717) is 19.3 Å². The van der Waals surface area contributed by atoms with Gasteiger partial charge in [0.2, 0.25) is 5.91 Å². The zero-order valence-electron chi connectivity index (χ0n) is 12.1. The van der Waals surface area contributed by atoms with Crippen molar-refractivity contribution in [3.63, 3.8) is 0 Å². The van der Waals surface area contributed by atoms with Gasteiger partial charge in [0.1, 0.15) is 6.54 Å². The lowest BCUT2D eigenvalue weighted by molar-refractivity contribution is -0.169. The lowest BCUT2D eigenvalue weighted by Gasteiger charge is -2.39. The van der Waals surface area contributed by atoms with E-state index in [2.05, 4.69) is 0 Å². The highest BCUT2D eigenvalue weighted by Gasteiger charge is 2.43. The van der Waals surface area contributed by atoms with Crippen molar-refractivity contribution in [1.29, 1.82) is 0 Å². The van der Waals surface area contributed by atoms with Crippen molar-refractivity contribution >= 4 is 5.91 Å². The first kappa shape index (κ1) is 17.3. The number of nitrogens with two attached hydrogens (primary N) is 1. The van der Waals surface area contributed by atoms with Gasteiger partial charge in [0.05, 0.1) is 5.41 Å². The average molecular weight is 294 g/mol. The molecular weight excluding hydrogens is 269 g/mol. The normalized spacial score (nSPS) is 18.9. The van der Waals surface area contributed by atoms with Crippen molar-refractivity contribution in [1.82, 2.24) is 4.90 Å². The van der Waals surface area contributed by atoms with E-state index >= 15 is 0 Å². The van der Waals surface area contributed by atoms with E-state index in [1.165, 1.54) is 0 Å². The SMILES string of the molecule is CCCCN(CC(F)(F)F)C(=O)C1(CN)CCCCC1. The zero-order valence-corrected chi connectivity index (χ0v) is 12.1. The minimum Gasteiger partial charge on any atom is -0.333 e. The molecule has 0 aliphatic heterocycles. The Morgan fingerprint density at radius 1 is 1.25 bits per heavy atom. The summed E-state index contributed by atoms with van der Waals surface area (Å²) in [5.41, 5.74) is 4.97. The Morgan fingerprint density at radius 3 is 2.30 bits per heavy atom. The summed E-state index contributed by atoms with van der Waals surface area (Å²) < 4.78 is 38.0. The predicted octanol–water partition coefficient (Wildman–Crippen LogP) is 3.09. The number of amides is 1. The molecule has 1 aliphatic rings. The van der Waals surface area contributed by atoms with Crippen LogP contribution in [-0.2, 0) is 4.79 Å². The van der Waals surface area contributed by atoms with Crippen LogP contribution in [0.15, 0.2) is 0 Å². The topological polar surface area (TPSA) is 46.3 Å². The van der Waals surface area contributed by atoms with E-state index in [-0.39, 0.29) is 13.1 Å². The van der Waals surface area contributed by atoms with Crippen LogP contribution in [0.3, 0.4) is 0 Å². The first-order valence-electron chi connectivity index (χ1n) is 7.41. The first-order chi connectivity index (χ1) is 9.34. The Morgan fingerprint density at radius 2 is 1.85 bits per heavy atom. The second kappa shape index (κ2) is 7.29. The van der Waals surface area contributed by atoms with E-state index < -0.39 is 24.0 Å². The fourth-order valence-corrected chi connectivity index (χ4v) is 2.89. The summed E-state index contributed by atoms with van der Waals surface area (Å²) in [5.74, 6) is -0.398. The second-order valence-electron chi connectivity index (χ2n) is 5.74. The third-order valence-electron chi connectivity index (χ3n) is 4.09. The lowest BCUT2D eigenvalue weighted by atomic mass is 9.73. The van der Waals surface area contributed by atoms with Gasteiger partial charge in [0.15, 0.2) is 0 Å². The quantitative estimate of drug-likeness (QED) is 0.818. The molecule has 1 aliphatic carbocycles. The molecule has 20 heavy (non-hydrogen) atoms. The highest BCUT2D eigenvalue weighted by Crippen LogP contribution is 2.37. The molecule has 0 spiro atoms. The van der Waals surface area contributed by atoms with Gasteiger partial charge in [-0.1, -0.05) is 32.6 Å². The Bertz CT molecular complexity index is 312. The maximum atomic E-state index is 12.7. The summed E-state index contributed by atoms with van der Waals surface area (Å²) >= 11 is 0. The summed E-state index contributed by atoms with van der Waals surface area (Å²) in [7, 11) is 0. The van der Waals surface area contributed by atoms with Crippen LogP contribution in [0, 0.1) is 5.41 Å². The molecule has 1 amide bonds. The zero-order chi connectivity index (χ0) is 15.2. The van der Waals surface area contributed by atoms with Crippen LogP contribution in [0.5, 0.6) is 0 Å². The Balaban J connectivity index is 2.83. The maximum Gasteiger partial charge on any atom is 0.406 e. The molecule has 0 radical (unpaired) electrons. The number of carbonyl (C=O) groups is 1. The number of unbranched alkanes of at least 4 members (excludes halogenated alkanes) is 1. The monoisotopic (exact) mass is 294 g/mol. The van der Waals surface area contributed by atoms with E-state index in [1.54, 1.807) is 0 Å². The van der Waals surface area contributed by atoms with Crippen LogP contribution < -0.4 is 5.73 Å². The van der Waals surface area contributed by atoms with E-state index in [0.717, 1.165) is 30.6 Å². The Labute approximate surface area is 118 Å². The van der Waals surface area contributed by atoms with Crippen LogP contribution >= 0.6 is 0 Å². The predicted molar refractivity (Wildman–Crippen MR) is 72.1 cm³/mol. The smallest absolute Gasteiger partial charge is 0.333 e. The van der Waals surface area contributed by atoms with Crippen LogP contribution in [0.2, 0.25) is 0 Å². The Kier molecular flexibility index (Phi) is 6.30. The molecule has 2 N–H and O–H groups in total. The van der Waals surface area contributed by atoms with Crippen LogP contribution in [-0.4, -0.2) is 36.6 Å². The van der Waals surface area contributed by atoms with Crippen molar-refractivity contribution in [2.75, 3.05) is 19.6 Å². The fourth-order valence-electron chi connectivity index (χ4n) is 2.89. The molecule has 0 bridgehead atoms. The molecule has 6 heteroatoms. The lowest BCUT2D eigenvalue weighted by Crippen LogP contribution is -2.51. The van der Waals surface area contributed by atoms with Crippen molar-refractivity contribution in [3.05, 3.63) is 0 Å².